The summed E-state index contributed by atoms with van der Waals surface area (Å²) in [4.78, 5) is 17.9. The summed E-state index contributed by atoms with van der Waals surface area (Å²) in [5.41, 5.74) is 7.69. The molecule has 3 aromatic rings. The molecule has 0 fully saturated rings. The number of nitrogens with one attached hydrogen (secondary N) is 1. The number of aromatic amines is 1. The summed E-state index contributed by atoms with van der Waals surface area (Å²) in [5.74, 6) is 0.782. The maximum Gasteiger partial charge on any atom is 0.247 e. The first-order valence-corrected chi connectivity index (χ1v) is 6.54. The Labute approximate surface area is 120 Å². The van der Waals surface area contributed by atoms with Gasteiger partial charge in [-0.15, -0.1) is 0 Å². The Morgan fingerprint density at radius 1 is 1.19 bits per heavy atom. The van der Waals surface area contributed by atoms with Gasteiger partial charge in [0.1, 0.15) is 0 Å². The second-order valence-corrected chi connectivity index (χ2v) is 4.69. The molecule has 6 nitrogen and oxygen atoms in total. The molecule has 2 aromatic heterocycles. The average Bonchev–Trinajstić information content (AvgIpc) is 2.99. The molecule has 0 saturated heterocycles. The zero-order valence-electron chi connectivity index (χ0n) is 11.2. The lowest BCUT2D eigenvalue weighted by molar-refractivity contribution is 0.354. The number of H-pyrrole nitrogens is 1. The van der Waals surface area contributed by atoms with Crippen LogP contribution in [-0.4, -0.2) is 15.1 Å². The van der Waals surface area contributed by atoms with Crippen LogP contribution in [0.3, 0.4) is 0 Å². The van der Waals surface area contributed by atoms with Crippen molar-refractivity contribution in [1.29, 1.82) is 0 Å². The van der Waals surface area contributed by atoms with Gasteiger partial charge in [-0.3, -0.25) is 4.79 Å². The monoisotopic (exact) mass is 282 g/mol. The van der Waals surface area contributed by atoms with Crippen LogP contribution in [0, 0.1) is 0 Å². The van der Waals surface area contributed by atoms with Gasteiger partial charge in [-0.1, -0.05) is 35.5 Å². The van der Waals surface area contributed by atoms with E-state index >= 15 is 0 Å². The van der Waals surface area contributed by atoms with Crippen molar-refractivity contribution in [2.75, 3.05) is 0 Å². The summed E-state index contributed by atoms with van der Waals surface area (Å²) in [6.45, 7) is 0. The summed E-state index contributed by atoms with van der Waals surface area (Å²) in [6, 6.07) is 12.6. The van der Waals surface area contributed by atoms with E-state index in [-0.39, 0.29) is 11.6 Å². The van der Waals surface area contributed by atoms with Gasteiger partial charge in [-0.2, -0.15) is 4.98 Å². The van der Waals surface area contributed by atoms with Crippen LogP contribution >= 0.6 is 0 Å². The van der Waals surface area contributed by atoms with Crippen LogP contribution in [0.25, 0.3) is 11.4 Å². The van der Waals surface area contributed by atoms with E-state index in [0.29, 0.717) is 23.7 Å². The molecule has 0 aliphatic rings. The summed E-state index contributed by atoms with van der Waals surface area (Å²) in [6.07, 6.45) is 2.16. The van der Waals surface area contributed by atoms with Gasteiger partial charge < -0.3 is 15.2 Å². The molecule has 0 unspecified atom stereocenters. The Morgan fingerprint density at radius 2 is 2.00 bits per heavy atom. The van der Waals surface area contributed by atoms with Crippen molar-refractivity contribution >= 4 is 0 Å². The van der Waals surface area contributed by atoms with E-state index in [1.807, 2.05) is 30.3 Å². The number of hydrogen-bond donors (Lipinski definition) is 2. The molecule has 0 aliphatic heterocycles. The lowest BCUT2D eigenvalue weighted by Gasteiger charge is -2.05. The lowest BCUT2D eigenvalue weighted by atomic mass is 10.1. The molecule has 1 aromatic carbocycles. The van der Waals surface area contributed by atoms with E-state index in [2.05, 4.69) is 15.1 Å². The van der Waals surface area contributed by atoms with Gasteiger partial charge >= 0.3 is 0 Å². The highest BCUT2D eigenvalue weighted by atomic mass is 16.5. The van der Waals surface area contributed by atoms with Crippen LogP contribution in [0.4, 0.5) is 0 Å². The summed E-state index contributed by atoms with van der Waals surface area (Å²) in [5, 5.41) is 3.89. The van der Waals surface area contributed by atoms with E-state index in [1.165, 1.54) is 6.07 Å². The fourth-order valence-corrected chi connectivity index (χ4v) is 2.01. The lowest BCUT2D eigenvalue weighted by Crippen LogP contribution is -2.13. The molecule has 0 amide bonds. The minimum absolute atomic E-state index is 0.178. The zero-order valence-corrected chi connectivity index (χ0v) is 11.2. The molecule has 1 atom stereocenters. The van der Waals surface area contributed by atoms with E-state index in [1.54, 1.807) is 12.3 Å². The minimum Gasteiger partial charge on any atom is -0.337 e. The first-order valence-electron chi connectivity index (χ1n) is 6.54. The smallest absolute Gasteiger partial charge is 0.247 e. The van der Waals surface area contributed by atoms with E-state index < -0.39 is 0 Å². The second-order valence-electron chi connectivity index (χ2n) is 4.69. The van der Waals surface area contributed by atoms with Gasteiger partial charge in [0.15, 0.2) is 0 Å². The quantitative estimate of drug-likeness (QED) is 0.758. The number of hydrogen-bond acceptors (Lipinski definition) is 5. The van der Waals surface area contributed by atoms with Gasteiger partial charge in [0.2, 0.25) is 17.3 Å². The van der Waals surface area contributed by atoms with Crippen LogP contribution in [0.5, 0.6) is 0 Å². The molecular formula is C15H14N4O2. The minimum atomic E-state index is -0.364. The molecule has 0 aliphatic carbocycles. The first kappa shape index (κ1) is 13.3. The average molecular weight is 282 g/mol. The molecular weight excluding hydrogens is 268 g/mol. The first-order chi connectivity index (χ1) is 10.2. The number of benzene rings is 1. The van der Waals surface area contributed by atoms with Crippen LogP contribution in [0.1, 0.15) is 17.5 Å². The number of pyridine rings is 1. The Kier molecular flexibility index (Phi) is 3.61. The SMILES string of the molecule is N[C@@H](Cc1ccccc1)c1nc(-c2ccc(=O)[nH]c2)no1. The van der Waals surface area contributed by atoms with Crippen molar-refractivity contribution in [1.82, 2.24) is 15.1 Å². The highest BCUT2D eigenvalue weighted by Crippen LogP contribution is 2.18. The number of rotatable bonds is 4. The number of nitrogens with zero attached hydrogens (tertiary/aromatic N) is 2. The molecule has 3 N–H and O–H groups in total. The molecule has 0 spiro atoms. The third-order valence-electron chi connectivity index (χ3n) is 3.10. The maximum atomic E-state index is 11.0. The number of nitrogens with two attached hydrogens (primary N) is 1. The molecule has 0 radical (unpaired) electrons. The van der Waals surface area contributed by atoms with Gasteiger partial charge in [0.25, 0.3) is 0 Å². The van der Waals surface area contributed by atoms with Crippen LogP contribution in [0.2, 0.25) is 0 Å². The van der Waals surface area contributed by atoms with Crippen LogP contribution in [0.15, 0.2) is 58.0 Å². The third-order valence-corrected chi connectivity index (χ3v) is 3.10. The van der Waals surface area contributed by atoms with E-state index in [0.717, 1.165) is 5.56 Å². The third kappa shape index (κ3) is 3.06. The molecule has 106 valence electrons. The Morgan fingerprint density at radius 3 is 2.71 bits per heavy atom. The predicted molar refractivity (Wildman–Crippen MR) is 77.4 cm³/mol. The predicted octanol–water partition coefficient (Wildman–Crippen LogP) is 1.67. The molecule has 21 heavy (non-hydrogen) atoms. The second kappa shape index (κ2) is 5.72. The molecule has 0 bridgehead atoms. The molecule has 2 heterocycles. The summed E-state index contributed by atoms with van der Waals surface area (Å²) >= 11 is 0. The van der Waals surface area contributed by atoms with Crippen LogP contribution < -0.4 is 11.3 Å². The van der Waals surface area contributed by atoms with Gasteiger partial charge in [0, 0.05) is 17.8 Å². The van der Waals surface area contributed by atoms with Crippen molar-refractivity contribution in [3.63, 3.8) is 0 Å². The highest BCUT2D eigenvalue weighted by Gasteiger charge is 2.16. The van der Waals surface area contributed by atoms with Crippen molar-refractivity contribution in [3.05, 3.63) is 70.5 Å². The topological polar surface area (TPSA) is 97.8 Å². The van der Waals surface area contributed by atoms with Gasteiger partial charge in [-0.05, 0) is 18.1 Å². The van der Waals surface area contributed by atoms with Crippen molar-refractivity contribution in [2.45, 2.75) is 12.5 Å². The normalized spacial score (nSPS) is 12.2. The van der Waals surface area contributed by atoms with Crippen molar-refractivity contribution in [2.24, 2.45) is 5.73 Å². The molecule has 0 saturated carbocycles. The zero-order chi connectivity index (χ0) is 14.7. The highest BCUT2D eigenvalue weighted by molar-refractivity contribution is 5.51. The molecule has 3 rings (SSSR count). The van der Waals surface area contributed by atoms with Crippen LogP contribution in [-0.2, 0) is 6.42 Å². The fourth-order valence-electron chi connectivity index (χ4n) is 2.01. The largest absolute Gasteiger partial charge is 0.337 e. The Bertz CT molecular complexity index is 759. The van der Waals surface area contributed by atoms with Crippen molar-refractivity contribution in [3.8, 4) is 11.4 Å². The standard InChI is InChI=1S/C15H14N4O2/c16-12(8-10-4-2-1-3-5-10)15-18-14(19-21-15)11-6-7-13(20)17-9-11/h1-7,9,12H,8,16H2,(H,17,20)/t12-/m0/s1. The summed E-state index contributed by atoms with van der Waals surface area (Å²) in [7, 11) is 0. The number of aromatic nitrogens is 3. The fraction of sp³-hybridized carbons (Fsp3) is 0.133. The van der Waals surface area contributed by atoms with Gasteiger partial charge in [-0.25, -0.2) is 0 Å². The van der Waals surface area contributed by atoms with Crippen molar-refractivity contribution < 1.29 is 4.52 Å². The van der Waals surface area contributed by atoms with E-state index in [4.69, 9.17) is 10.3 Å². The van der Waals surface area contributed by atoms with Gasteiger partial charge in [0.05, 0.1) is 6.04 Å². The molecule has 6 heteroatoms. The Hall–Kier alpha value is -2.73. The van der Waals surface area contributed by atoms with E-state index in [9.17, 15) is 4.79 Å². The summed E-state index contributed by atoms with van der Waals surface area (Å²) < 4.78 is 5.21. The maximum absolute atomic E-state index is 11.0. The Balaban J connectivity index is 1.78.